The number of carbonyl (C=O) groups excluding carboxylic acids is 1. The summed E-state index contributed by atoms with van der Waals surface area (Å²) in [5.41, 5.74) is 2.92. The maximum absolute atomic E-state index is 10.2. The number of hydrogen-bond acceptors (Lipinski definition) is 4. The van der Waals surface area contributed by atoms with E-state index in [1.807, 2.05) is 0 Å². The van der Waals surface area contributed by atoms with Gasteiger partial charge in [-0.25, -0.2) is 5.48 Å². The first kappa shape index (κ1) is 9.12. The van der Waals surface area contributed by atoms with Crippen molar-refractivity contribution in [3.63, 3.8) is 0 Å². The first-order valence-electron chi connectivity index (χ1n) is 4.84. The average molecular weight is 185 g/mol. The third-order valence-electron chi connectivity index (χ3n) is 2.74. The van der Waals surface area contributed by atoms with Crippen LogP contribution in [0.25, 0.3) is 0 Å². The lowest BCUT2D eigenvalue weighted by Crippen LogP contribution is -2.31. The highest BCUT2D eigenvalue weighted by molar-refractivity contribution is 5.49. The number of fused-ring (bicyclic) bond motifs is 2. The Labute approximate surface area is 77.5 Å². The maximum atomic E-state index is 10.2. The van der Waals surface area contributed by atoms with Crippen LogP contribution in [0.1, 0.15) is 19.3 Å². The molecule has 13 heavy (non-hydrogen) atoms. The van der Waals surface area contributed by atoms with Crippen LogP contribution < -0.4 is 5.48 Å². The number of aldehydes is 1. The van der Waals surface area contributed by atoms with Gasteiger partial charge < -0.3 is 9.53 Å². The molecule has 74 valence electrons. The van der Waals surface area contributed by atoms with Crippen LogP contribution >= 0.6 is 0 Å². The summed E-state index contributed by atoms with van der Waals surface area (Å²) in [4.78, 5) is 15.4. The molecule has 2 heterocycles. The molecular formula is C9H15NO3. The van der Waals surface area contributed by atoms with Gasteiger partial charge >= 0.3 is 0 Å². The fourth-order valence-corrected chi connectivity index (χ4v) is 2.08. The Balaban J connectivity index is 1.88. The predicted molar refractivity (Wildman–Crippen MR) is 46.0 cm³/mol. The molecule has 4 heteroatoms. The Morgan fingerprint density at radius 1 is 1.54 bits per heavy atom. The zero-order valence-electron chi connectivity index (χ0n) is 7.57. The molecule has 2 rings (SSSR count). The van der Waals surface area contributed by atoms with Crippen LogP contribution in [0.2, 0.25) is 0 Å². The second-order valence-corrected chi connectivity index (χ2v) is 3.70. The van der Waals surface area contributed by atoms with E-state index in [0.29, 0.717) is 18.9 Å². The third-order valence-corrected chi connectivity index (χ3v) is 2.74. The van der Waals surface area contributed by atoms with Crippen LogP contribution in [0.3, 0.4) is 0 Å². The highest BCUT2D eigenvalue weighted by Crippen LogP contribution is 2.30. The minimum absolute atomic E-state index is 0.233. The minimum Gasteiger partial charge on any atom is -0.372 e. The lowest BCUT2D eigenvalue weighted by Gasteiger charge is -2.19. The van der Waals surface area contributed by atoms with Crippen molar-refractivity contribution in [1.82, 2.24) is 5.48 Å². The Morgan fingerprint density at radius 2 is 2.46 bits per heavy atom. The van der Waals surface area contributed by atoms with E-state index in [-0.39, 0.29) is 12.2 Å². The molecule has 0 amide bonds. The van der Waals surface area contributed by atoms with Crippen molar-refractivity contribution >= 4 is 6.29 Å². The monoisotopic (exact) mass is 185 g/mol. The lowest BCUT2D eigenvalue weighted by atomic mass is 9.97. The standard InChI is InChI=1S/C9H15NO3/c11-3-1-2-9-7-4-8(13-9)6-12-10-5-7/h3,7-10H,1-2,4-6H2. The van der Waals surface area contributed by atoms with Gasteiger partial charge in [0.25, 0.3) is 0 Å². The molecule has 0 aromatic rings. The molecule has 2 fully saturated rings. The minimum atomic E-state index is 0.233. The summed E-state index contributed by atoms with van der Waals surface area (Å²) in [6, 6.07) is 0. The van der Waals surface area contributed by atoms with Crippen LogP contribution in [0.5, 0.6) is 0 Å². The van der Waals surface area contributed by atoms with Crippen molar-refractivity contribution in [2.75, 3.05) is 13.2 Å². The quantitative estimate of drug-likeness (QED) is 0.641. The van der Waals surface area contributed by atoms with Gasteiger partial charge in [0, 0.05) is 18.9 Å². The number of ether oxygens (including phenoxy) is 1. The molecule has 0 aromatic carbocycles. The maximum Gasteiger partial charge on any atom is 0.120 e. The van der Waals surface area contributed by atoms with Crippen molar-refractivity contribution in [3.05, 3.63) is 0 Å². The van der Waals surface area contributed by atoms with Gasteiger partial charge in [-0.2, -0.15) is 0 Å². The van der Waals surface area contributed by atoms with Crippen LogP contribution in [0.15, 0.2) is 0 Å². The van der Waals surface area contributed by atoms with Crippen molar-refractivity contribution in [1.29, 1.82) is 0 Å². The van der Waals surface area contributed by atoms with E-state index in [0.717, 1.165) is 25.7 Å². The van der Waals surface area contributed by atoms with Crippen molar-refractivity contribution in [2.45, 2.75) is 31.5 Å². The predicted octanol–water partition coefficient (Wildman–Crippen LogP) is 0.274. The second-order valence-electron chi connectivity index (χ2n) is 3.70. The highest BCUT2D eigenvalue weighted by Gasteiger charge is 2.36. The fourth-order valence-electron chi connectivity index (χ4n) is 2.08. The molecule has 2 bridgehead atoms. The fraction of sp³-hybridized carbons (Fsp3) is 0.889. The molecule has 2 aliphatic rings. The van der Waals surface area contributed by atoms with Crippen molar-refractivity contribution < 1.29 is 14.4 Å². The smallest absolute Gasteiger partial charge is 0.120 e. The number of carbonyl (C=O) groups is 1. The van der Waals surface area contributed by atoms with E-state index in [2.05, 4.69) is 5.48 Å². The van der Waals surface area contributed by atoms with Crippen LogP contribution in [0, 0.1) is 5.92 Å². The van der Waals surface area contributed by atoms with Gasteiger partial charge in [0.2, 0.25) is 0 Å². The second kappa shape index (κ2) is 4.17. The number of hydrogen-bond donors (Lipinski definition) is 1. The first-order chi connectivity index (χ1) is 6.40. The number of rotatable bonds is 3. The molecule has 0 radical (unpaired) electrons. The Hall–Kier alpha value is -0.450. The third kappa shape index (κ3) is 2.07. The summed E-state index contributed by atoms with van der Waals surface area (Å²) in [7, 11) is 0. The topological polar surface area (TPSA) is 47.6 Å². The molecule has 4 nitrogen and oxygen atoms in total. The van der Waals surface area contributed by atoms with Crippen molar-refractivity contribution in [2.24, 2.45) is 5.92 Å². The molecular weight excluding hydrogens is 170 g/mol. The van der Waals surface area contributed by atoms with Crippen molar-refractivity contribution in [3.8, 4) is 0 Å². The zero-order chi connectivity index (χ0) is 9.10. The number of hydroxylamine groups is 1. The summed E-state index contributed by atoms with van der Waals surface area (Å²) < 4.78 is 5.74. The summed E-state index contributed by atoms with van der Waals surface area (Å²) in [5, 5.41) is 0. The highest BCUT2D eigenvalue weighted by atomic mass is 16.7. The molecule has 2 aliphatic heterocycles. The molecule has 0 aromatic heterocycles. The largest absolute Gasteiger partial charge is 0.372 e. The molecule has 2 saturated heterocycles. The molecule has 0 saturated carbocycles. The molecule has 3 unspecified atom stereocenters. The van der Waals surface area contributed by atoms with Crippen LogP contribution in [0.4, 0.5) is 0 Å². The van der Waals surface area contributed by atoms with E-state index >= 15 is 0 Å². The van der Waals surface area contributed by atoms with E-state index in [1.54, 1.807) is 0 Å². The van der Waals surface area contributed by atoms with Gasteiger partial charge in [-0.1, -0.05) is 0 Å². The van der Waals surface area contributed by atoms with Gasteiger partial charge in [-0.15, -0.1) is 0 Å². The summed E-state index contributed by atoms with van der Waals surface area (Å²) in [5.74, 6) is 0.521. The van der Waals surface area contributed by atoms with Gasteiger partial charge in [-0.05, 0) is 12.8 Å². The van der Waals surface area contributed by atoms with Gasteiger partial charge in [0.15, 0.2) is 0 Å². The summed E-state index contributed by atoms with van der Waals surface area (Å²) >= 11 is 0. The first-order valence-corrected chi connectivity index (χ1v) is 4.84. The van der Waals surface area contributed by atoms with Crippen LogP contribution in [-0.4, -0.2) is 31.6 Å². The van der Waals surface area contributed by atoms with Crippen LogP contribution in [-0.2, 0) is 14.4 Å². The Bertz CT molecular complexity index is 186. The zero-order valence-corrected chi connectivity index (χ0v) is 7.57. The molecule has 0 aliphatic carbocycles. The van der Waals surface area contributed by atoms with Gasteiger partial charge in [-0.3, -0.25) is 4.84 Å². The van der Waals surface area contributed by atoms with Gasteiger partial charge in [0.05, 0.1) is 18.8 Å². The Kier molecular flexibility index (Phi) is 2.93. The van der Waals surface area contributed by atoms with E-state index < -0.39 is 0 Å². The lowest BCUT2D eigenvalue weighted by molar-refractivity contribution is -0.109. The van der Waals surface area contributed by atoms with Gasteiger partial charge in [0.1, 0.15) is 6.29 Å². The Morgan fingerprint density at radius 3 is 3.31 bits per heavy atom. The number of nitrogens with one attached hydrogen (secondary N) is 1. The average Bonchev–Trinajstić information content (AvgIpc) is 2.32. The summed E-state index contributed by atoms with van der Waals surface area (Å²) in [6.45, 7) is 1.48. The molecule has 0 spiro atoms. The van der Waals surface area contributed by atoms with E-state index in [4.69, 9.17) is 9.57 Å². The SMILES string of the molecule is O=CCCC1OC2CONCC1C2. The molecule has 3 atom stereocenters. The normalized spacial score (nSPS) is 38.6. The van der Waals surface area contributed by atoms with E-state index in [9.17, 15) is 4.79 Å². The summed E-state index contributed by atoms with van der Waals surface area (Å²) in [6.07, 6.45) is 3.98. The van der Waals surface area contributed by atoms with E-state index in [1.165, 1.54) is 0 Å². The molecule has 1 N–H and O–H groups in total.